The highest BCUT2D eigenvalue weighted by Gasteiger charge is 2.27. The van der Waals surface area contributed by atoms with Crippen LogP contribution in [0.1, 0.15) is 5.56 Å². The van der Waals surface area contributed by atoms with Crippen LogP contribution in [0.15, 0.2) is 18.2 Å². The molecule has 0 aliphatic rings. The quantitative estimate of drug-likeness (QED) is 0.622. The summed E-state index contributed by atoms with van der Waals surface area (Å²) in [7, 11) is 0. The van der Waals surface area contributed by atoms with E-state index in [0.29, 0.717) is 0 Å². The minimum Gasteiger partial charge on any atom is -0.367 e. The zero-order chi connectivity index (χ0) is 13.1. The van der Waals surface area contributed by atoms with Gasteiger partial charge in [0.1, 0.15) is 11.6 Å². The van der Waals surface area contributed by atoms with E-state index in [4.69, 9.17) is 11.6 Å². The van der Waals surface area contributed by atoms with Crippen molar-refractivity contribution in [3.05, 3.63) is 38.9 Å². The van der Waals surface area contributed by atoms with E-state index >= 15 is 0 Å². The van der Waals surface area contributed by atoms with E-state index < -0.39 is 17.7 Å². The van der Waals surface area contributed by atoms with Gasteiger partial charge in [-0.3, -0.25) is 10.1 Å². The Bertz CT molecular complexity index is 422. The van der Waals surface area contributed by atoms with Crippen molar-refractivity contribution >= 4 is 17.3 Å². The van der Waals surface area contributed by atoms with Crippen LogP contribution in [-0.2, 0) is 11.3 Å². The first-order valence-electron chi connectivity index (χ1n) is 4.37. The summed E-state index contributed by atoms with van der Waals surface area (Å²) in [6, 6.07) is 3.69. The topological polar surface area (TPSA) is 52.4 Å². The van der Waals surface area contributed by atoms with Crippen LogP contribution in [0.3, 0.4) is 0 Å². The van der Waals surface area contributed by atoms with Gasteiger partial charge in [0.25, 0.3) is 5.69 Å². The number of hydrogen-bond donors (Lipinski definition) is 0. The first kappa shape index (κ1) is 13.7. The Labute approximate surface area is 99.1 Å². The van der Waals surface area contributed by atoms with Crippen molar-refractivity contribution in [2.75, 3.05) is 6.61 Å². The molecule has 1 aromatic carbocycles. The molecule has 0 N–H and O–H groups in total. The highest BCUT2D eigenvalue weighted by Crippen LogP contribution is 2.25. The number of nitrogens with zero attached hydrogens (tertiary/aromatic N) is 1. The number of alkyl halides is 3. The first-order valence-corrected chi connectivity index (χ1v) is 4.75. The van der Waals surface area contributed by atoms with Crippen LogP contribution in [0.5, 0.6) is 0 Å². The fourth-order valence-corrected chi connectivity index (χ4v) is 1.26. The standard InChI is InChI=1S/C9H7ClF3NO3/c10-7-2-1-6(3-8(7)14(15)16)4-17-5-9(11,12)13/h1-3H,4-5H2. The van der Waals surface area contributed by atoms with Gasteiger partial charge in [0.05, 0.1) is 11.5 Å². The molecule has 0 fully saturated rings. The smallest absolute Gasteiger partial charge is 0.367 e. The van der Waals surface area contributed by atoms with E-state index in [1.165, 1.54) is 12.1 Å². The van der Waals surface area contributed by atoms with Crippen molar-refractivity contribution in [1.29, 1.82) is 0 Å². The van der Waals surface area contributed by atoms with Crippen LogP contribution >= 0.6 is 11.6 Å². The number of nitro benzene ring substituents is 1. The van der Waals surface area contributed by atoms with Crippen LogP contribution in [0.2, 0.25) is 5.02 Å². The lowest BCUT2D eigenvalue weighted by Gasteiger charge is -2.07. The summed E-state index contributed by atoms with van der Waals surface area (Å²) < 4.78 is 39.7. The monoisotopic (exact) mass is 269 g/mol. The first-order chi connectivity index (χ1) is 7.79. The average molecular weight is 270 g/mol. The summed E-state index contributed by atoms with van der Waals surface area (Å²) in [4.78, 5) is 9.79. The number of benzene rings is 1. The fraction of sp³-hybridized carbons (Fsp3) is 0.333. The highest BCUT2D eigenvalue weighted by molar-refractivity contribution is 6.32. The second-order valence-electron chi connectivity index (χ2n) is 3.15. The highest BCUT2D eigenvalue weighted by atomic mass is 35.5. The van der Waals surface area contributed by atoms with E-state index in [0.717, 1.165) is 6.07 Å². The maximum Gasteiger partial charge on any atom is 0.411 e. The molecule has 1 rings (SSSR count). The summed E-state index contributed by atoms with van der Waals surface area (Å²) in [5.41, 5.74) is -0.106. The van der Waals surface area contributed by atoms with E-state index in [9.17, 15) is 23.3 Å². The van der Waals surface area contributed by atoms with Gasteiger partial charge in [-0.1, -0.05) is 17.7 Å². The number of hydrogen-bond acceptors (Lipinski definition) is 3. The average Bonchev–Trinajstić information content (AvgIpc) is 2.18. The van der Waals surface area contributed by atoms with Gasteiger partial charge in [-0.15, -0.1) is 0 Å². The molecular formula is C9H7ClF3NO3. The van der Waals surface area contributed by atoms with Crippen molar-refractivity contribution in [1.82, 2.24) is 0 Å². The molecule has 0 bridgehead atoms. The molecule has 0 aliphatic carbocycles. The van der Waals surface area contributed by atoms with Gasteiger partial charge in [0.15, 0.2) is 0 Å². The van der Waals surface area contributed by atoms with Crippen LogP contribution in [0.25, 0.3) is 0 Å². The fourth-order valence-electron chi connectivity index (χ4n) is 1.07. The molecule has 0 atom stereocenters. The summed E-state index contributed by atoms with van der Waals surface area (Å²) in [6.07, 6.45) is -4.42. The molecule has 0 radical (unpaired) electrons. The lowest BCUT2D eigenvalue weighted by atomic mass is 10.2. The largest absolute Gasteiger partial charge is 0.411 e. The van der Waals surface area contributed by atoms with Gasteiger partial charge < -0.3 is 4.74 Å². The van der Waals surface area contributed by atoms with E-state index in [-0.39, 0.29) is 22.9 Å². The molecule has 4 nitrogen and oxygen atoms in total. The van der Waals surface area contributed by atoms with E-state index in [1.807, 2.05) is 0 Å². The van der Waals surface area contributed by atoms with Gasteiger partial charge in [0.2, 0.25) is 0 Å². The van der Waals surface area contributed by atoms with Crippen molar-refractivity contribution in [3.8, 4) is 0 Å². The third-order valence-electron chi connectivity index (χ3n) is 1.74. The van der Waals surface area contributed by atoms with Crippen molar-refractivity contribution in [2.45, 2.75) is 12.8 Å². The Morgan fingerprint density at radius 3 is 2.59 bits per heavy atom. The maximum absolute atomic E-state index is 11.8. The molecule has 0 aliphatic heterocycles. The number of rotatable bonds is 4. The van der Waals surface area contributed by atoms with Crippen LogP contribution in [0.4, 0.5) is 18.9 Å². The number of nitro groups is 1. The normalized spacial score (nSPS) is 11.5. The van der Waals surface area contributed by atoms with Crippen LogP contribution in [0, 0.1) is 10.1 Å². The molecule has 0 amide bonds. The zero-order valence-electron chi connectivity index (χ0n) is 8.33. The molecule has 1 aromatic rings. The van der Waals surface area contributed by atoms with Crippen LogP contribution in [-0.4, -0.2) is 17.7 Å². The SMILES string of the molecule is O=[N+]([O-])c1cc(COCC(F)(F)F)ccc1Cl. The van der Waals surface area contributed by atoms with Gasteiger partial charge in [0, 0.05) is 6.07 Å². The lowest BCUT2D eigenvalue weighted by molar-refractivity contribution is -0.384. The van der Waals surface area contributed by atoms with Gasteiger partial charge >= 0.3 is 6.18 Å². The zero-order valence-corrected chi connectivity index (χ0v) is 9.09. The number of ether oxygens (including phenoxy) is 1. The lowest BCUT2D eigenvalue weighted by Crippen LogP contribution is -2.16. The second kappa shape index (κ2) is 5.33. The minimum absolute atomic E-state index is 0.0745. The maximum atomic E-state index is 11.8. The summed E-state index contributed by atoms with van der Waals surface area (Å²) in [6.45, 7) is -1.76. The Morgan fingerprint density at radius 2 is 2.06 bits per heavy atom. The Balaban J connectivity index is 2.67. The van der Waals surface area contributed by atoms with Gasteiger partial charge in [-0.25, -0.2) is 0 Å². The second-order valence-corrected chi connectivity index (χ2v) is 3.56. The van der Waals surface area contributed by atoms with Crippen molar-refractivity contribution in [3.63, 3.8) is 0 Å². The molecule has 0 saturated heterocycles. The van der Waals surface area contributed by atoms with Gasteiger partial charge in [-0.2, -0.15) is 13.2 Å². The number of halogens is 4. The molecule has 0 spiro atoms. The molecule has 0 heterocycles. The molecular weight excluding hydrogens is 263 g/mol. The predicted molar refractivity (Wildman–Crippen MR) is 53.8 cm³/mol. The molecule has 0 unspecified atom stereocenters. The molecule has 0 saturated carbocycles. The minimum atomic E-state index is -4.42. The van der Waals surface area contributed by atoms with Crippen molar-refractivity contribution in [2.24, 2.45) is 0 Å². The van der Waals surface area contributed by atoms with E-state index in [1.54, 1.807) is 0 Å². The predicted octanol–water partition coefficient (Wildman–Crippen LogP) is 3.33. The summed E-state index contributed by atoms with van der Waals surface area (Å²) in [5, 5.41) is 10.4. The third kappa shape index (κ3) is 4.58. The molecule has 17 heavy (non-hydrogen) atoms. The Hall–Kier alpha value is -1.34. The Kier molecular flexibility index (Phi) is 4.30. The summed E-state index contributed by atoms with van der Waals surface area (Å²) in [5.74, 6) is 0. The Morgan fingerprint density at radius 1 is 1.41 bits per heavy atom. The van der Waals surface area contributed by atoms with Crippen LogP contribution < -0.4 is 0 Å². The van der Waals surface area contributed by atoms with Crippen molar-refractivity contribution < 1.29 is 22.8 Å². The molecule has 8 heteroatoms. The summed E-state index contributed by atoms with van der Waals surface area (Å²) >= 11 is 5.54. The van der Waals surface area contributed by atoms with Gasteiger partial charge in [-0.05, 0) is 11.6 Å². The molecule has 0 aromatic heterocycles. The third-order valence-corrected chi connectivity index (χ3v) is 2.06. The molecule has 94 valence electrons. The van der Waals surface area contributed by atoms with E-state index in [2.05, 4.69) is 4.74 Å².